The SMILES string of the molecule is Cl.O=C(Cc1ccc2[nH]cc(C(=O)O)c2c1)NC(c1ccccc1)c1ccccc1N1CCCCC1. The highest BCUT2D eigenvalue weighted by molar-refractivity contribution is 6.03. The fourth-order valence-corrected chi connectivity index (χ4v) is 4.99. The van der Waals surface area contributed by atoms with Gasteiger partial charge in [-0.2, -0.15) is 0 Å². The van der Waals surface area contributed by atoms with Crippen molar-refractivity contribution in [2.75, 3.05) is 18.0 Å². The summed E-state index contributed by atoms with van der Waals surface area (Å²) in [6.07, 6.45) is 5.26. The van der Waals surface area contributed by atoms with Gasteiger partial charge in [0.2, 0.25) is 5.91 Å². The Kier molecular flexibility index (Phi) is 7.96. The molecule has 1 fully saturated rings. The fourth-order valence-electron chi connectivity index (χ4n) is 4.99. The number of nitrogens with one attached hydrogen (secondary N) is 2. The summed E-state index contributed by atoms with van der Waals surface area (Å²) in [4.78, 5) is 30.2. The van der Waals surface area contributed by atoms with E-state index in [2.05, 4.69) is 33.4 Å². The van der Waals surface area contributed by atoms with Gasteiger partial charge < -0.3 is 20.3 Å². The lowest BCUT2D eigenvalue weighted by Gasteiger charge is -2.33. The first-order chi connectivity index (χ1) is 17.1. The quantitative estimate of drug-likeness (QED) is 0.301. The molecule has 3 aromatic carbocycles. The van der Waals surface area contributed by atoms with E-state index in [1.807, 2.05) is 48.5 Å². The number of rotatable bonds is 7. The van der Waals surface area contributed by atoms with Crippen LogP contribution in [-0.4, -0.2) is 35.1 Å². The first-order valence-corrected chi connectivity index (χ1v) is 12.1. The Morgan fingerprint density at radius 3 is 2.42 bits per heavy atom. The van der Waals surface area contributed by atoms with Crippen molar-refractivity contribution in [3.05, 3.63) is 101 Å². The number of halogens is 1. The predicted octanol–water partition coefficient (Wildman–Crippen LogP) is 5.73. The Morgan fingerprint density at radius 1 is 0.944 bits per heavy atom. The number of H-pyrrole nitrogens is 1. The molecule has 1 aliphatic rings. The third kappa shape index (κ3) is 5.39. The third-order valence-corrected chi connectivity index (χ3v) is 6.72. The van der Waals surface area contributed by atoms with Crippen molar-refractivity contribution >= 4 is 40.9 Å². The van der Waals surface area contributed by atoms with E-state index >= 15 is 0 Å². The van der Waals surface area contributed by atoms with Crippen molar-refractivity contribution in [2.24, 2.45) is 0 Å². The van der Waals surface area contributed by atoms with Gasteiger partial charge in [-0.1, -0.05) is 54.6 Å². The molecule has 5 rings (SSSR count). The van der Waals surface area contributed by atoms with Crippen LogP contribution in [0.4, 0.5) is 5.69 Å². The lowest BCUT2D eigenvalue weighted by Crippen LogP contribution is -2.34. The van der Waals surface area contributed by atoms with Gasteiger partial charge >= 0.3 is 5.97 Å². The molecule has 36 heavy (non-hydrogen) atoms. The zero-order valence-corrected chi connectivity index (χ0v) is 20.8. The number of hydrogen-bond acceptors (Lipinski definition) is 3. The number of para-hydroxylation sites is 1. The van der Waals surface area contributed by atoms with E-state index in [4.69, 9.17) is 0 Å². The molecular weight excluding hydrogens is 474 g/mol. The molecule has 186 valence electrons. The summed E-state index contributed by atoms with van der Waals surface area (Å²) in [5, 5.41) is 13.3. The number of carboxylic acid groups (broad SMARTS) is 1. The average Bonchev–Trinajstić information content (AvgIpc) is 3.32. The number of amides is 1. The number of benzene rings is 3. The smallest absolute Gasteiger partial charge is 0.337 e. The van der Waals surface area contributed by atoms with Crippen LogP contribution in [0.1, 0.15) is 52.4 Å². The molecule has 1 saturated heterocycles. The van der Waals surface area contributed by atoms with Gasteiger partial charge in [-0.05, 0) is 48.6 Å². The minimum Gasteiger partial charge on any atom is -0.478 e. The summed E-state index contributed by atoms with van der Waals surface area (Å²) in [5.74, 6) is -1.10. The molecule has 0 radical (unpaired) electrons. The number of carbonyl (C=O) groups excluding carboxylic acids is 1. The van der Waals surface area contributed by atoms with Crippen LogP contribution >= 0.6 is 12.4 Å². The Hall–Kier alpha value is -3.77. The Balaban J connectivity index is 0.00000304. The Morgan fingerprint density at radius 2 is 1.67 bits per heavy atom. The molecule has 1 aliphatic heterocycles. The summed E-state index contributed by atoms with van der Waals surface area (Å²) in [5.41, 5.74) is 5.00. The van der Waals surface area contributed by atoms with Gasteiger partial charge in [-0.25, -0.2) is 4.79 Å². The van der Waals surface area contributed by atoms with Crippen LogP contribution in [0.5, 0.6) is 0 Å². The average molecular weight is 504 g/mol. The van der Waals surface area contributed by atoms with E-state index in [0.29, 0.717) is 5.39 Å². The molecule has 0 bridgehead atoms. The molecule has 2 heterocycles. The molecule has 7 heteroatoms. The van der Waals surface area contributed by atoms with Crippen molar-refractivity contribution in [1.29, 1.82) is 0 Å². The number of carboxylic acids is 1. The minimum absolute atomic E-state index is 0. The number of aromatic amines is 1. The Labute approximate surface area is 216 Å². The van der Waals surface area contributed by atoms with Crippen LogP contribution in [0.15, 0.2) is 79.0 Å². The second kappa shape index (κ2) is 11.3. The number of carbonyl (C=O) groups is 2. The van der Waals surface area contributed by atoms with Crippen LogP contribution < -0.4 is 10.2 Å². The number of anilines is 1. The molecule has 0 saturated carbocycles. The van der Waals surface area contributed by atoms with Crippen LogP contribution in [-0.2, 0) is 11.2 Å². The standard InChI is InChI=1S/C29H29N3O3.ClH/c33-27(18-20-13-14-25-23(17-20)24(19-30-25)29(34)35)31-28(21-9-3-1-4-10-21)22-11-5-6-12-26(22)32-15-7-2-8-16-32;/h1,3-6,9-14,17,19,28,30H,2,7-8,15-16,18H2,(H,31,33)(H,34,35);1H. The largest absolute Gasteiger partial charge is 0.478 e. The lowest BCUT2D eigenvalue weighted by atomic mass is 9.95. The predicted molar refractivity (Wildman–Crippen MR) is 145 cm³/mol. The van der Waals surface area contributed by atoms with Crippen molar-refractivity contribution < 1.29 is 14.7 Å². The third-order valence-electron chi connectivity index (χ3n) is 6.72. The topological polar surface area (TPSA) is 85.4 Å². The van der Waals surface area contributed by atoms with Crippen LogP contribution in [0, 0.1) is 0 Å². The summed E-state index contributed by atoms with van der Waals surface area (Å²) in [6.45, 7) is 2.05. The fraction of sp³-hybridized carbons (Fsp3) is 0.241. The molecule has 3 N–H and O–H groups in total. The van der Waals surface area contributed by atoms with E-state index < -0.39 is 5.97 Å². The normalized spacial score (nSPS) is 14.2. The molecule has 1 amide bonds. The van der Waals surface area contributed by atoms with Crippen molar-refractivity contribution in [2.45, 2.75) is 31.7 Å². The molecule has 4 aromatic rings. The van der Waals surface area contributed by atoms with Crippen LogP contribution in [0.25, 0.3) is 10.9 Å². The van der Waals surface area contributed by atoms with Gasteiger partial charge in [0.25, 0.3) is 0 Å². The molecular formula is C29H30ClN3O3. The molecule has 0 spiro atoms. The van der Waals surface area contributed by atoms with Crippen LogP contribution in [0.2, 0.25) is 0 Å². The maximum Gasteiger partial charge on any atom is 0.337 e. The van der Waals surface area contributed by atoms with Crippen molar-refractivity contribution in [3.63, 3.8) is 0 Å². The number of nitrogens with zero attached hydrogens (tertiary/aromatic N) is 1. The highest BCUT2D eigenvalue weighted by atomic mass is 35.5. The van der Waals surface area contributed by atoms with Crippen LogP contribution in [0.3, 0.4) is 0 Å². The lowest BCUT2D eigenvalue weighted by molar-refractivity contribution is -0.120. The molecule has 0 aliphatic carbocycles. The maximum absolute atomic E-state index is 13.3. The highest BCUT2D eigenvalue weighted by Crippen LogP contribution is 2.32. The maximum atomic E-state index is 13.3. The van der Waals surface area contributed by atoms with Gasteiger partial charge in [0.05, 0.1) is 18.0 Å². The van der Waals surface area contributed by atoms with Gasteiger partial charge in [-0.15, -0.1) is 12.4 Å². The van der Waals surface area contributed by atoms with Gasteiger partial charge in [0.1, 0.15) is 0 Å². The number of hydrogen-bond donors (Lipinski definition) is 3. The van der Waals surface area contributed by atoms with Crippen molar-refractivity contribution in [1.82, 2.24) is 10.3 Å². The molecule has 6 nitrogen and oxygen atoms in total. The van der Waals surface area contributed by atoms with E-state index in [0.717, 1.165) is 35.3 Å². The van der Waals surface area contributed by atoms with Crippen molar-refractivity contribution in [3.8, 4) is 0 Å². The highest BCUT2D eigenvalue weighted by Gasteiger charge is 2.23. The first-order valence-electron chi connectivity index (χ1n) is 12.1. The summed E-state index contributed by atoms with van der Waals surface area (Å²) >= 11 is 0. The summed E-state index contributed by atoms with van der Waals surface area (Å²) in [7, 11) is 0. The van der Waals surface area contributed by atoms with Gasteiger partial charge in [0.15, 0.2) is 0 Å². The second-order valence-electron chi connectivity index (χ2n) is 9.08. The zero-order valence-electron chi connectivity index (χ0n) is 19.9. The number of fused-ring (bicyclic) bond motifs is 1. The first kappa shape index (κ1) is 25.3. The monoisotopic (exact) mass is 503 g/mol. The summed E-state index contributed by atoms with van der Waals surface area (Å²) < 4.78 is 0. The van der Waals surface area contributed by atoms with E-state index in [9.17, 15) is 14.7 Å². The number of piperidine rings is 1. The molecule has 1 unspecified atom stereocenters. The molecule has 1 aromatic heterocycles. The Bertz CT molecular complexity index is 1350. The molecule has 1 atom stereocenters. The zero-order chi connectivity index (χ0) is 24.2. The van der Waals surface area contributed by atoms with Gasteiger partial charge in [0, 0.05) is 41.4 Å². The minimum atomic E-state index is -0.990. The second-order valence-corrected chi connectivity index (χ2v) is 9.08. The van der Waals surface area contributed by atoms with E-state index in [-0.39, 0.29) is 36.3 Å². The number of aromatic nitrogens is 1. The van der Waals surface area contributed by atoms with E-state index in [1.54, 1.807) is 6.07 Å². The van der Waals surface area contributed by atoms with Gasteiger partial charge in [-0.3, -0.25) is 4.79 Å². The number of aromatic carboxylic acids is 1. The van der Waals surface area contributed by atoms with E-state index in [1.165, 1.54) is 31.1 Å². The summed E-state index contributed by atoms with van der Waals surface area (Å²) in [6, 6.07) is 23.6.